The van der Waals surface area contributed by atoms with Crippen LogP contribution in [0.1, 0.15) is 24.1 Å². The van der Waals surface area contributed by atoms with Crippen LogP contribution in [-0.2, 0) is 4.79 Å². The maximum atomic E-state index is 12.2. The molecule has 0 aliphatic rings. The standard InChI is InChI=1S/C18H18ClN3OS/c1-11-5-3-4-6-14(11)12(2)20-17(23)10-24-18-21-15-8-7-13(19)9-16(15)22-18/h3-9,12H,10H2,1-2H3,(H,20,23)(H,21,22)/t12-/m1/s1. The number of nitrogens with zero attached hydrogens (tertiary/aromatic N) is 1. The van der Waals surface area contributed by atoms with Crippen LogP contribution in [-0.4, -0.2) is 21.6 Å². The highest BCUT2D eigenvalue weighted by Crippen LogP contribution is 2.22. The van der Waals surface area contributed by atoms with E-state index in [1.807, 2.05) is 50.2 Å². The van der Waals surface area contributed by atoms with Crippen molar-refractivity contribution < 1.29 is 4.79 Å². The number of hydrogen-bond donors (Lipinski definition) is 2. The van der Waals surface area contributed by atoms with E-state index in [4.69, 9.17) is 11.6 Å². The molecule has 0 saturated heterocycles. The number of imidazole rings is 1. The number of H-pyrrole nitrogens is 1. The van der Waals surface area contributed by atoms with Crippen molar-refractivity contribution in [2.24, 2.45) is 0 Å². The summed E-state index contributed by atoms with van der Waals surface area (Å²) in [6.07, 6.45) is 0. The lowest BCUT2D eigenvalue weighted by Gasteiger charge is -2.16. The number of aryl methyl sites for hydroxylation is 1. The monoisotopic (exact) mass is 359 g/mol. The van der Waals surface area contributed by atoms with Crippen LogP contribution >= 0.6 is 23.4 Å². The number of halogens is 1. The Labute approximate surface area is 150 Å². The van der Waals surface area contributed by atoms with Crippen LogP contribution in [0, 0.1) is 6.92 Å². The van der Waals surface area contributed by atoms with Crippen molar-refractivity contribution in [3.8, 4) is 0 Å². The van der Waals surface area contributed by atoms with E-state index in [1.54, 1.807) is 6.07 Å². The molecule has 6 heteroatoms. The molecule has 0 radical (unpaired) electrons. The van der Waals surface area contributed by atoms with Crippen molar-refractivity contribution >= 4 is 40.3 Å². The molecule has 0 bridgehead atoms. The van der Waals surface area contributed by atoms with E-state index in [9.17, 15) is 4.79 Å². The van der Waals surface area contributed by atoms with E-state index in [2.05, 4.69) is 15.3 Å². The number of aromatic amines is 1. The molecule has 124 valence electrons. The third-order valence-corrected chi connectivity index (χ3v) is 4.90. The van der Waals surface area contributed by atoms with Gasteiger partial charge in [0, 0.05) is 5.02 Å². The second-order valence-electron chi connectivity index (χ2n) is 5.64. The highest BCUT2D eigenvalue weighted by atomic mass is 35.5. The SMILES string of the molecule is Cc1ccccc1[C@@H](C)NC(=O)CSc1nc2ccc(Cl)cc2[nH]1. The second kappa shape index (κ2) is 7.28. The van der Waals surface area contributed by atoms with Gasteiger partial charge in [0.25, 0.3) is 0 Å². The molecular formula is C18H18ClN3OS. The minimum atomic E-state index is -0.0196. The molecule has 24 heavy (non-hydrogen) atoms. The molecule has 3 aromatic rings. The number of aromatic nitrogens is 2. The molecule has 0 saturated carbocycles. The van der Waals surface area contributed by atoms with Crippen LogP contribution < -0.4 is 5.32 Å². The topological polar surface area (TPSA) is 57.8 Å². The summed E-state index contributed by atoms with van der Waals surface area (Å²) in [5, 5.41) is 4.40. The van der Waals surface area contributed by atoms with Gasteiger partial charge in [0.2, 0.25) is 5.91 Å². The third kappa shape index (κ3) is 3.91. The van der Waals surface area contributed by atoms with Gasteiger partial charge < -0.3 is 10.3 Å². The van der Waals surface area contributed by atoms with Gasteiger partial charge in [-0.1, -0.05) is 47.6 Å². The number of carbonyl (C=O) groups excluding carboxylic acids is 1. The molecule has 2 aromatic carbocycles. The summed E-state index contributed by atoms with van der Waals surface area (Å²) >= 11 is 7.34. The number of thioether (sulfide) groups is 1. The van der Waals surface area contributed by atoms with Crippen molar-refractivity contribution in [1.82, 2.24) is 15.3 Å². The molecule has 0 fully saturated rings. The van der Waals surface area contributed by atoms with Crippen LogP contribution in [0.15, 0.2) is 47.6 Å². The molecular weight excluding hydrogens is 342 g/mol. The summed E-state index contributed by atoms with van der Waals surface area (Å²) < 4.78 is 0. The van der Waals surface area contributed by atoms with Crippen LogP contribution in [0.5, 0.6) is 0 Å². The van der Waals surface area contributed by atoms with Gasteiger partial charge in [-0.2, -0.15) is 0 Å². The van der Waals surface area contributed by atoms with Gasteiger partial charge in [-0.05, 0) is 43.2 Å². The normalized spacial score (nSPS) is 12.3. The van der Waals surface area contributed by atoms with E-state index >= 15 is 0 Å². The van der Waals surface area contributed by atoms with Crippen LogP contribution in [0.4, 0.5) is 0 Å². The molecule has 0 aliphatic heterocycles. The maximum Gasteiger partial charge on any atom is 0.230 e. The fraction of sp³-hybridized carbons (Fsp3) is 0.222. The number of benzene rings is 2. The molecule has 2 N–H and O–H groups in total. The molecule has 0 unspecified atom stereocenters. The zero-order chi connectivity index (χ0) is 17.1. The average Bonchev–Trinajstić information content (AvgIpc) is 2.95. The van der Waals surface area contributed by atoms with Crippen molar-refractivity contribution in [3.05, 3.63) is 58.6 Å². The number of rotatable bonds is 5. The molecule has 1 heterocycles. The first-order valence-electron chi connectivity index (χ1n) is 7.66. The highest BCUT2D eigenvalue weighted by Gasteiger charge is 2.12. The van der Waals surface area contributed by atoms with Gasteiger partial charge in [0.15, 0.2) is 5.16 Å². The molecule has 4 nitrogen and oxygen atoms in total. The quantitative estimate of drug-likeness (QED) is 0.660. The third-order valence-electron chi connectivity index (χ3n) is 3.79. The average molecular weight is 360 g/mol. The molecule has 0 aliphatic carbocycles. The fourth-order valence-electron chi connectivity index (χ4n) is 2.59. The lowest BCUT2D eigenvalue weighted by atomic mass is 10.0. The summed E-state index contributed by atoms with van der Waals surface area (Å²) in [4.78, 5) is 19.8. The van der Waals surface area contributed by atoms with Gasteiger partial charge in [-0.3, -0.25) is 4.79 Å². The lowest BCUT2D eigenvalue weighted by Crippen LogP contribution is -2.28. The van der Waals surface area contributed by atoms with Crippen molar-refractivity contribution in [3.63, 3.8) is 0 Å². The second-order valence-corrected chi connectivity index (χ2v) is 7.04. The predicted molar refractivity (Wildman–Crippen MR) is 99.6 cm³/mol. The summed E-state index contributed by atoms with van der Waals surface area (Å²) in [6.45, 7) is 4.04. The van der Waals surface area contributed by atoms with Crippen LogP contribution in [0.2, 0.25) is 5.02 Å². The van der Waals surface area contributed by atoms with Crippen LogP contribution in [0.25, 0.3) is 11.0 Å². The lowest BCUT2D eigenvalue weighted by molar-refractivity contribution is -0.119. The largest absolute Gasteiger partial charge is 0.349 e. The van der Waals surface area contributed by atoms with Gasteiger partial charge in [0.05, 0.1) is 22.8 Å². The number of nitrogens with one attached hydrogen (secondary N) is 2. The van der Waals surface area contributed by atoms with Gasteiger partial charge >= 0.3 is 0 Å². The molecule has 1 aromatic heterocycles. The predicted octanol–water partition coefficient (Wildman–Crippen LogP) is 4.49. The van der Waals surface area contributed by atoms with E-state index in [0.29, 0.717) is 15.9 Å². The van der Waals surface area contributed by atoms with Gasteiger partial charge in [0.1, 0.15) is 0 Å². The summed E-state index contributed by atoms with van der Waals surface area (Å²) in [7, 11) is 0. The van der Waals surface area contributed by atoms with Crippen molar-refractivity contribution in [1.29, 1.82) is 0 Å². The fourth-order valence-corrected chi connectivity index (χ4v) is 3.46. The van der Waals surface area contributed by atoms with Gasteiger partial charge in [-0.25, -0.2) is 4.98 Å². The van der Waals surface area contributed by atoms with E-state index in [1.165, 1.54) is 17.3 Å². The highest BCUT2D eigenvalue weighted by molar-refractivity contribution is 7.99. The van der Waals surface area contributed by atoms with Crippen LogP contribution in [0.3, 0.4) is 0 Å². The van der Waals surface area contributed by atoms with E-state index in [-0.39, 0.29) is 11.9 Å². The van der Waals surface area contributed by atoms with Crippen molar-refractivity contribution in [2.45, 2.75) is 25.0 Å². The molecule has 1 amide bonds. The zero-order valence-corrected chi connectivity index (χ0v) is 15.0. The minimum absolute atomic E-state index is 0.0192. The Hall–Kier alpha value is -1.98. The van der Waals surface area contributed by atoms with Gasteiger partial charge in [-0.15, -0.1) is 0 Å². The van der Waals surface area contributed by atoms with E-state index < -0.39 is 0 Å². The number of hydrogen-bond acceptors (Lipinski definition) is 3. The minimum Gasteiger partial charge on any atom is -0.349 e. The first-order valence-corrected chi connectivity index (χ1v) is 9.02. The summed E-state index contributed by atoms with van der Waals surface area (Å²) in [5.74, 6) is 0.290. The Balaban J connectivity index is 1.59. The number of carbonyl (C=O) groups is 1. The Morgan fingerprint density at radius 1 is 1.33 bits per heavy atom. The smallest absolute Gasteiger partial charge is 0.230 e. The van der Waals surface area contributed by atoms with E-state index in [0.717, 1.165) is 16.6 Å². The Bertz CT molecular complexity index is 878. The van der Waals surface area contributed by atoms with Crippen molar-refractivity contribution in [2.75, 3.05) is 5.75 Å². The first kappa shape index (κ1) is 16.9. The molecule has 0 spiro atoms. The Morgan fingerprint density at radius 2 is 2.12 bits per heavy atom. The Kier molecular flexibility index (Phi) is 5.11. The number of amides is 1. The molecule has 3 rings (SSSR count). The zero-order valence-electron chi connectivity index (χ0n) is 13.5. The maximum absolute atomic E-state index is 12.2. The number of fused-ring (bicyclic) bond motifs is 1. The summed E-state index contributed by atoms with van der Waals surface area (Å²) in [5.41, 5.74) is 4.02. The Morgan fingerprint density at radius 3 is 2.92 bits per heavy atom. The first-order chi connectivity index (χ1) is 11.5. The summed E-state index contributed by atoms with van der Waals surface area (Å²) in [6, 6.07) is 13.5. The molecule has 1 atom stereocenters.